The summed E-state index contributed by atoms with van der Waals surface area (Å²) in [7, 11) is 0. The zero-order chi connectivity index (χ0) is 15.4. The van der Waals surface area contributed by atoms with Gasteiger partial charge in [0, 0.05) is 23.4 Å². The van der Waals surface area contributed by atoms with Crippen molar-refractivity contribution in [3.05, 3.63) is 36.0 Å². The first-order chi connectivity index (χ1) is 9.95. The topological polar surface area (TPSA) is 68.0 Å². The lowest BCUT2D eigenvalue weighted by Gasteiger charge is -2.07. The maximum atomic E-state index is 11.0. The largest absolute Gasteiger partial charge is 0.338 e. The molecule has 1 unspecified atom stereocenters. The Bertz CT molecular complexity index is 608. The van der Waals surface area contributed by atoms with Gasteiger partial charge in [0.05, 0.1) is 5.25 Å². The summed E-state index contributed by atoms with van der Waals surface area (Å²) in [5.41, 5.74) is 0.791. The van der Waals surface area contributed by atoms with Gasteiger partial charge in [-0.1, -0.05) is 19.0 Å². The van der Waals surface area contributed by atoms with E-state index in [0.29, 0.717) is 5.89 Å². The smallest absolute Gasteiger partial charge is 0.239 e. The predicted molar refractivity (Wildman–Crippen MR) is 83.4 cm³/mol. The lowest BCUT2D eigenvalue weighted by Crippen LogP contribution is -2.05. The molecule has 0 bridgehead atoms. The summed E-state index contributed by atoms with van der Waals surface area (Å²) in [4.78, 5) is 16.5. The summed E-state index contributed by atoms with van der Waals surface area (Å²) in [6, 6.07) is 7.69. The zero-order valence-electron chi connectivity index (χ0n) is 12.6. The van der Waals surface area contributed by atoms with Gasteiger partial charge < -0.3 is 9.84 Å². The number of rotatable bonds is 5. The van der Waals surface area contributed by atoms with Crippen molar-refractivity contribution < 1.29 is 9.32 Å². The second-order valence-electron chi connectivity index (χ2n) is 5.11. The Morgan fingerprint density at radius 1 is 1.24 bits per heavy atom. The fourth-order valence-corrected chi connectivity index (χ4v) is 2.62. The molecule has 1 aromatic heterocycles. The van der Waals surface area contributed by atoms with Crippen LogP contribution >= 0.6 is 11.8 Å². The van der Waals surface area contributed by atoms with Crippen molar-refractivity contribution in [2.45, 2.75) is 43.8 Å². The number of nitrogens with one attached hydrogen (secondary N) is 1. The lowest BCUT2D eigenvalue weighted by molar-refractivity contribution is -0.114. The third-order valence-corrected chi connectivity index (χ3v) is 3.91. The van der Waals surface area contributed by atoms with Gasteiger partial charge in [0.2, 0.25) is 11.8 Å². The highest BCUT2D eigenvalue weighted by Crippen LogP contribution is 2.34. The van der Waals surface area contributed by atoms with E-state index in [2.05, 4.69) is 15.5 Å². The average molecular weight is 305 g/mol. The molecule has 0 aliphatic carbocycles. The molecule has 21 heavy (non-hydrogen) atoms. The molecule has 0 fully saturated rings. The van der Waals surface area contributed by atoms with E-state index >= 15 is 0 Å². The Labute approximate surface area is 128 Å². The van der Waals surface area contributed by atoms with Crippen molar-refractivity contribution in [2.75, 3.05) is 5.32 Å². The van der Waals surface area contributed by atoms with E-state index in [1.165, 1.54) is 6.92 Å². The molecule has 2 rings (SSSR count). The first-order valence-corrected chi connectivity index (χ1v) is 7.71. The number of nitrogens with zero attached hydrogens (tertiary/aromatic N) is 2. The summed E-state index contributed by atoms with van der Waals surface area (Å²) in [5.74, 6) is 1.56. The first-order valence-electron chi connectivity index (χ1n) is 6.83. The molecule has 1 aromatic carbocycles. The van der Waals surface area contributed by atoms with Gasteiger partial charge in [0.25, 0.3) is 0 Å². The Kier molecular flexibility index (Phi) is 5.01. The molecular weight excluding hydrogens is 286 g/mol. The number of anilines is 1. The summed E-state index contributed by atoms with van der Waals surface area (Å²) in [6.07, 6.45) is 0. The summed E-state index contributed by atoms with van der Waals surface area (Å²) >= 11 is 1.64. The molecule has 0 aliphatic heterocycles. The van der Waals surface area contributed by atoms with Crippen LogP contribution in [0.2, 0.25) is 0 Å². The maximum Gasteiger partial charge on any atom is 0.239 e. The first kappa shape index (κ1) is 15.6. The number of benzene rings is 1. The Balaban J connectivity index is 2.01. The molecule has 0 aliphatic rings. The van der Waals surface area contributed by atoms with Crippen LogP contribution in [-0.2, 0) is 4.79 Å². The molecule has 0 radical (unpaired) electrons. The fourth-order valence-electron chi connectivity index (χ4n) is 1.72. The van der Waals surface area contributed by atoms with Gasteiger partial charge in [0.1, 0.15) is 0 Å². The highest BCUT2D eigenvalue weighted by Gasteiger charge is 2.17. The fraction of sp³-hybridized carbons (Fsp3) is 0.400. The van der Waals surface area contributed by atoms with E-state index in [-0.39, 0.29) is 17.1 Å². The minimum Gasteiger partial charge on any atom is -0.338 e. The van der Waals surface area contributed by atoms with Gasteiger partial charge >= 0.3 is 0 Å². The number of hydrogen-bond acceptors (Lipinski definition) is 5. The summed E-state index contributed by atoms with van der Waals surface area (Å²) in [6.45, 7) is 7.59. The third-order valence-electron chi connectivity index (χ3n) is 2.81. The minimum atomic E-state index is -0.0733. The molecule has 1 N–H and O–H groups in total. The Hall–Kier alpha value is -1.82. The number of carbonyl (C=O) groups excluding carboxylic acids is 1. The summed E-state index contributed by atoms with van der Waals surface area (Å²) in [5, 5.41) is 6.80. The van der Waals surface area contributed by atoms with Gasteiger partial charge in [-0.15, -0.1) is 11.8 Å². The highest BCUT2D eigenvalue weighted by molar-refractivity contribution is 7.99. The van der Waals surface area contributed by atoms with Gasteiger partial charge in [-0.25, -0.2) is 0 Å². The van der Waals surface area contributed by atoms with E-state index in [9.17, 15) is 4.79 Å². The van der Waals surface area contributed by atoms with Crippen LogP contribution in [0.3, 0.4) is 0 Å². The van der Waals surface area contributed by atoms with Crippen LogP contribution < -0.4 is 5.32 Å². The standard InChI is InChI=1S/C15H19N3O2S/c1-9(2)14-17-15(20-18-14)10(3)21-13-7-5-12(6-8-13)16-11(4)19/h5-10H,1-4H3,(H,16,19). The van der Waals surface area contributed by atoms with Crippen LogP contribution in [0.4, 0.5) is 5.69 Å². The molecule has 1 heterocycles. The van der Waals surface area contributed by atoms with Crippen LogP contribution in [0.5, 0.6) is 0 Å². The van der Waals surface area contributed by atoms with Crippen LogP contribution in [-0.4, -0.2) is 16.0 Å². The maximum absolute atomic E-state index is 11.0. The number of aromatic nitrogens is 2. The van der Waals surface area contributed by atoms with Crippen LogP contribution in [0.15, 0.2) is 33.7 Å². The van der Waals surface area contributed by atoms with Gasteiger partial charge in [-0.05, 0) is 31.2 Å². The molecule has 0 spiro atoms. The lowest BCUT2D eigenvalue weighted by atomic mass is 10.2. The number of carbonyl (C=O) groups is 1. The monoisotopic (exact) mass is 305 g/mol. The summed E-state index contributed by atoms with van der Waals surface area (Å²) < 4.78 is 5.30. The molecular formula is C15H19N3O2S. The molecule has 1 atom stereocenters. The van der Waals surface area contributed by atoms with E-state index < -0.39 is 0 Å². The normalized spacial score (nSPS) is 12.4. The third kappa shape index (κ3) is 4.32. The molecule has 1 amide bonds. The van der Waals surface area contributed by atoms with Crippen LogP contribution in [0.25, 0.3) is 0 Å². The second-order valence-corrected chi connectivity index (χ2v) is 6.53. The van der Waals surface area contributed by atoms with Crippen LogP contribution in [0, 0.1) is 0 Å². The quantitative estimate of drug-likeness (QED) is 0.845. The van der Waals surface area contributed by atoms with Crippen molar-refractivity contribution in [3.8, 4) is 0 Å². The average Bonchev–Trinajstić information content (AvgIpc) is 2.90. The number of thioether (sulfide) groups is 1. The SMILES string of the molecule is CC(=O)Nc1ccc(SC(C)c2nc(C(C)C)no2)cc1. The molecule has 5 nitrogen and oxygen atoms in total. The Morgan fingerprint density at radius 3 is 2.43 bits per heavy atom. The molecule has 0 saturated heterocycles. The molecule has 112 valence electrons. The molecule has 2 aromatic rings. The Morgan fingerprint density at radius 2 is 1.90 bits per heavy atom. The molecule has 0 saturated carbocycles. The van der Waals surface area contributed by atoms with Crippen molar-refractivity contribution >= 4 is 23.4 Å². The number of hydrogen-bond donors (Lipinski definition) is 1. The van der Waals surface area contributed by atoms with Gasteiger partial charge in [-0.3, -0.25) is 4.79 Å². The van der Waals surface area contributed by atoms with Crippen molar-refractivity contribution in [1.82, 2.24) is 10.1 Å². The zero-order valence-corrected chi connectivity index (χ0v) is 13.4. The second kappa shape index (κ2) is 6.76. The van der Waals surface area contributed by atoms with Crippen molar-refractivity contribution in [1.29, 1.82) is 0 Å². The van der Waals surface area contributed by atoms with Crippen molar-refractivity contribution in [2.24, 2.45) is 0 Å². The van der Waals surface area contributed by atoms with E-state index in [1.54, 1.807) is 11.8 Å². The van der Waals surface area contributed by atoms with E-state index in [4.69, 9.17) is 4.52 Å². The van der Waals surface area contributed by atoms with Gasteiger partial charge in [-0.2, -0.15) is 4.98 Å². The minimum absolute atomic E-state index is 0.0733. The van der Waals surface area contributed by atoms with Crippen molar-refractivity contribution in [3.63, 3.8) is 0 Å². The number of amides is 1. The highest BCUT2D eigenvalue weighted by atomic mass is 32.2. The predicted octanol–water partition coefficient (Wildman–Crippen LogP) is 4.00. The molecule has 6 heteroatoms. The van der Waals surface area contributed by atoms with E-state index in [0.717, 1.165) is 16.4 Å². The van der Waals surface area contributed by atoms with E-state index in [1.807, 2.05) is 45.0 Å². The van der Waals surface area contributed by atoms with Gasteiger partial charge in [0.15, 0.2) is 5.82 Å². The van der Waals surface area contributed by atoms with Crippen LogP contribution in [0.1, 0.15) is 50.6 Å².